The number of amides is 2. The quantitative estimate of drug-likeness (QED) is 0.734. The van der Waals surface area contributed by atoms with Crippen molar-refractivity contribution in [2.45, 2.75) is 50.7 Å². The molecule has 0 aromatic carbocycles. The number of piperidine rings is 1. The Labute approximate surface area is 144 Å². The monoisotopic (exact) mass is 341 g/mol. The Hall–Kier alpha value is -1.18. The van der Waals surface area contributed by atoms with E-state index in [9.17, 15) is 14.7 Å². The zero-order valence-corrected chi connectivity index (χ0v) is 14.9. The van der Waals surface area contributed by atoms with Crippen LogP contribution in [0.4, 0.5) is 0 Å². The average Bonchev–Trinajstić information content (AvgIpc) is 2.71. The molecule has 7 nitrogen and oxygen atoms in total. The fourth-order valence-corrected chi connectivity index (χ4v) is 3.74. The molecule has 0 saturated carbocycles. The predicted octanol–water partition coefficient (Wildman–Crippen LogP) is -0.0231. The number of carbonyl (C=O) groups excluding carboxylic acids is 2. The number of aliphatic hydroxyl groups is 1. The van der Waals surface area contributed by atoms with Crippen molar-refractivity contribution in [3.05, 3.63) is 0 Å². The molecule has 24 heavy (non-hydrogen) atoms. The topological polar surface area (TPSA) is 82.1 Å². The van der Waals surface area contributed by atoms with Crippen molar-refractivity contribution in [1.82, 2.24) is 15.1 Å². The van der Waals surface area contributed by atoms with Crippen LogP contribution in [0.5, 0.6) is 0 Å². The van der Waals surface area contributed by atoms with E-state index in [1.807, 2.05) is 0 Å². The zero-order chi connectivity index (χ0) is 17.6. The van der Waals surface area contributed by atoms with Crippen LogP contribution in [0, 0.1) is 0 Å². The number of hydrogen-bond donors (Lipinski definition) is 2. The van der Waals surface area contributed by atoms with Gasteiger partial charge < -0.3 is 25.0 Å². The highest BCUT2D eigenvalue weighted by Gasteiger charge is 2.34. The normalized spacial score (nSPS) is 26.9. The molecule has 138 valence electrons. The molecule has 0 bridgehead atoms. The van der Waals surface area contributed by atoms with Crippen LogP contribution >= 0.6 is 0 Å². The Kier molecular flexibility index (Phi) is 7.01. The Morgan fingerprint density at radius 2 is 1.92 bits per heavy atom. The van der Waals surface area contributed by atoms with Crippen molar-refractivity contribution < 1.29 is 19.4 Å². The molecule has 2 aliphatic rings. The molecule has 1 unspecified atom stereocenters. The second kappa shape index (κ2) is 8.78. The molecule has 0 aromatic rings. The van der Waals surface area contributed by atoms with Gasteiger partial charge in [-0.25, -0.2) is 0 Å². The Balaban J connectivity index is 1.80. The third-order valence-electron chi connectivity index (χ3n) is 5.05. The first kappa shape index (κ1) is 19.1. The van der Waals surface area contributed by atoms with E-state index in [0.29, 0.717) is 26.1 Å². The van der Waals surface area contributed by atoms with E-state index < -0.39 is 5.60 Å². The number of nitrogens with zero attached hydrogens (tertiary/aromatic N) is 2. The van der Waals surface area contributed by atoms with Gasteiger partial charge in [-0.3, -0.25) is 9.59 Å². The van der Waals surface area contributed by atoms with E-state index in [1.165, 1.54) is 7.11 Å². The van der Waals surface area contributed by atoms with Crippen LogP contribution in [0.1, 0.15) is 39.0 Å². The molecule has 2 fully saturated rings. The third kappa shape index (κ3) is 5.72. The van der Waals surface area contributed by atoms with Crippen LogP contribution in [-0.2, 0) is 14.3 Å². The molecule has 2 heterocycles. The number of ether oxygens (including phenoxy) is 1. The summed E-state index contributed by atoms with van der Waals surface area (Å²) >= 11 is 0. The van der Waals surface area contributed by atoms with Gasteiger partial charge >= 0.3 is 0 Å². The Morgan fingerprint density at radius 1 is 1.21 bits per heavy atom. The van der Waals surface area contributed by atoms with E-state index >= 15 is 0 Å². The van der Waals surface area contributed by atoms with Crippen LogP contribution in [0.3, 0.4) is 0 Å². The van der Waals surface area contributed by atoms with Crippen molar-refractivity contribution >= 4 is 11.8 Å². The molecule has 2 rings (SSSR count). The largest absolute Gasteiger partial charge is 0.388 e. The molecule has 0 spiro atoms. The second-order valence-corrected chi connectivity index (χ2v) is 7.14. The van der Waals surface area contributed by atoms with Crippen molar-refractivity contribution in [1.29, 1.82) is 0 Å². The number of hydrogen-bond acceptors (Lipinski definition) is 5. The lowest BCUT2D eigenvalue weighted by atomic mass is 9.93. The smallest absolute Gasteiger partial charge is 0.248 e. The van der Waals surface area contributed by atoms with Gasteiger partial charge in [-0.1, -0.05) is 0 Å². The maximum absolute atomic E-state index is 12.0. The van der Waals surface area contributed by atoms with E-state index in [0.717, 1.165) is 38.8 Å². The second-order valence-electron chi connectivity index (χ2n) is 7.14. The van der Waals surface area contributed by atoms with E-state index in [2.05, 4.69) is 10.2 Å². The van der Waals surface area contributed by atoms with Crippen LogP contribution in [0.15, 0.2) is 0 Å². The molecular weight excluding hydrogens is 310 g/mol. The summed E-state index contributed by atoms with van der Waals surface area (Å²) in [6.07, 6.45) is 3.99. The number of carbonyl (C=O) groups is 2. The molecule has 0 radical (unpaired) electrons. The lowest BCUT2D eigenvalue weighted by Gasteiger charge is -2.38. The predicted molar refractivity (Wildman–Crippen MR) is 90.5 cm³/mol. The van der Waals surface area contributed by atoms with Crippen molar-refractivity contribution in [3.8, 4) is 0 Å². The zero-order valence-electron chi connectivity index (χ0n) is 14.9. The Morgan fingerprint density at radius 3 is 2.54 bits per heavy atom. The number of β-amino-alcohol motifs (C(OH)–C–C–N with tert-alkyl or cyclic N) is 1. The lowest BCUT2D eigenvalue weighted by molar-refractivity contribution is -0.135. The fraction of sp³-hybridized carbons (Fsp3) is 0.882. The average molecular weight is 341 g/mol. The first-order valence-electron chi connectivity index (χ1n) is 8.90. The van der Waals surface area contributed by atoms with Gasteiger partial charge in [0.2, 0.25) is 11.8 Å². The lowest BCUT2D eigenvalue weighted by Crippen LogP contribution is -2.50. The van der Waals surface area contributed by atoms with Crippen molar-refractivity contribution in [3.63, 3.8) is 0 Å². The van der Waals surface area contributed by atoms with E-state index in [4.69, 9.17) is 4.74 Å². The van der Waals surface area contributed by atoms with Crippen LogP contribution in [0.2, 0.25) is 0 Å². The highest BCUT2D eigenvalue weighted by molar-refractivity contribution is 5.77. The van der Waals surface area contributed by atoms with Gasteiger partial charge in [0.25, 0.3) is 0 Å². The van der Waals surface area contributed by atoms with Crippen LogP contribution < -0.4 is 5.32 Å². The molecule has 2 amide bonds. The molecule has 7 heteroatoms. The summed E-state index contributed by atoms with van der Waals surface area (Å²) < 4.78 is 4.92. The summed E-state index contributed by atoms with van der Waals surface area (Å²) in [7, 11) is 1.52. The summed E-state index contributed by atoms with van der Waals surface area (Å²) in [5.74, 6) is 0.0227. The van der Waals surface area contributed by atoms with Gasteiger partial charge in [-0.2, -0.15) is 0 Å². The van der Waals surface area contributed by atoms with Gasteiger partial charge in [-0.05, 0) is 32.1 Å². The molecule has 2 N–H and O–H groups in total. The minimum atomic E-state index is -0.733. The minimum Gasteiger partial charge on any atom is -0.388 e. The first-order valence-corrected chi connectivity index (χ1v) is 8.90. The third-order valence-corrected chi connectivity index (χ3v) is 5.05. The SMILES string of the molecule is COCC(=O)N1CCCC(O)(CN2CCC(NC(C)=O)CC2)CC1. The van der Waals surface area contributed by atoms with Gasteiger partial charge in [0.15, 0.2) is 0 Å². The van der Waals surface area contributed by atoms with Crippen LogP contribution in [0.25, 0.3) is 0 Å². The summed E-state index contributed by atoms with van der Waals surface area (Å²) in [5.41, 5.74) is -0.733. The molecule has 0 aliphatic carbocycles. The maximum Gasteiger partial charge on any atom is 0.248 e. The van der Waals surface area contributed by atoms with Crippen molar-refractivity contribution in [2.75, 3.05) is 46.4 Å². The summed E-state index contributed by atoms with van der Waals surface area (Å²) in [6.45, 7) is 5.35. The summed E-state index contributed by atoms with van der Waals surface area (Å²) in [5, 5.41) is 13.9. The van der Waals surface area contributed by atoms with Gasteiger partial charge in [0.05, 0.1) is 5.60 Å². The van der Waals surface area contributed by atoms with Crippen molar-refractivity contribution in [2.24, 2.45) is 0 Å². The summed E-state index contributed by atoms with van der Waals surface area (Å²) in [6, 6.07) is 0.254. The van der Waals surface area contributed by atoms with Gasteiger partial charge in [0, 0.05) is 52.8 Å². The highest BCUT2D eigenvalue weighted by Crippen LogP contribution is 2.25. The number of methoxy groups -OCH3 is 1. The number of rotatable bonds is 5. The maximum atomic E-state index is 12.0. The Bertz CT molecular complexity index is 438. The molecule has 0 aromatic heterocycles. The minimum absolute atomic E-state index is 0.00197. The van der Waals surface area contributed by atoms with E-state index in [1.54, 1.807) is 11.8 Å². The highest BCUT2D eigenvalue weighted by atomic mass is 16.5. The molecular formula is C17H31N3O4. The van der Waals surface area contributed by atoms with E-state index in [-0.39, 0.29) is 24.5 Å². The first-order chi connectivity index (χ1) is 11.4. The molecule has 2 saturated heterocycles. The standard InChI is InChI=1S/C17H31N3O4/c1-14(21)18-15-4-9-19(10-5-15)13-17(23)6-3-8-20(11-7-17)16(22)12-24-2/h15,23H,3-13H2,1-2H3,(H,18,21). The van der Waals surface area contributed by atoms with Gasteiger partial charge in [-0.15, -0.1) is 0 Å². The summed E-state index contributed by atoms with van der Waals surface area (Å²) in [4.78, 5) is 27.2. The molecule has 2 aliphatic heterocycles. The fourth-order valence-electron chi connectivity index (χ4n) is 3.74. The number of nitrogens with one attached hydrogen (secondary N) is 1. The molecule has 1 atom stereocenters. The number of likely N-dealkylation sites (tertiary alicyclic amines) is 2. The van der Waals surface area contributed by atoms with Crippen LogP contribution in [-0.4, -0.2) is 84.8 Å². The van der Waals surface area contributed by atoms with Gasteiger partial charge in [0.1, 0.15) is 6.61 Å².